The Hall–Kier alpha value is -2.74. The van der Waals surface area contributed by atoms with Crippen molar-refractivity contribution in [3.8, 4) is 11.5 Å². The number of carbonyl (C=O) groups is 2. The molecule has 2 aliphatic heterocycles. The van der Waals surface area contributed by atoms with E-state index in [1.807, 2.05) is 0 Å². The number of ether oxygens (including phenoxy) is 2. The summed E-state index contributed by atoms with van der Waals surface area (Å²) in [5.74, 6) is 0.893. The van der Waals surface area contributed by atoms with Crippen molar-refractivity contribution < 1.29 is 23.5 Å². The van der Waals surface area contributed by atoms with E-state index in [0.29, 0.717) is 27.7 Å². The molecule has 0 saturated carbocycles. The zero-order chi connectivity index (χ0) is 19.0. The summed E-state index contributed by atoms with van der Waals surface area (Å²) in [6, 6.07) is 11.1. The first kappa shape index (κ1) is 17.7. The normalized spacial score (nSPS) is 20.9. The Balaban J connectivity index is 1.47. The van der Waals surface area contributed by atoms with E-state index in [9.17, 15) is 14.0 Å². The highest BCUT2D eigenvalue weighted by Gasteiger charge is 2.49. The number of nitrogens with zero attached hydrogens (tertiary/aromatic N) is 1. The van der Waals surface area contributed by atoms with E-state index in [1.165, 1.54) is 22.7 Å². The summed E-state index contributed by atoms with van der Waals surface area (Å²) in [7, 11) is 0. The molecular weight excluding hydrogens is 371 g/mol. The molecule has 1 saturated heterocycles. The van der Waals surface area contributed by atoms with Gasteiger partial charge in [-0.2, -0.15) is 0 Å². The zero-order valence-electron chi connectivity index (χ0n) is 14.5. The molecule has 2 aromatic carbocycles. The van der Waals surface area contributed by atoms with Crippen molar-refractivity contribution >= 4 is 23.7 Å². The van der Waals surface area contributed by atoms with E-state index < -0.39 is 11.6 Å². The standard InChI is InChI=1S/C19H17FN2O4S/c1-19(12-6-7-14-15(10-12)26-11-25-14)17(23)22(18(24)21-19)8-9-27-16-5-3-2-4-13(16)20/h2-7,10H,8-9,11H2,1H3,(H,21,24)/t19-/m0/s1. The molecule has 6 nitrogen and oxygen atoms in total. The minimum Gasteiger partial charge on any atom is -0.454 e. The van der Waals surface area contributed by atoms with E-state index in [2.05, 4.69) is 5.32 Å². The van der Waals surface area contributed by atoms with Crippen LogP contribution in [-0.2, 0) is 10.3 Å². The molecule has 4 rings (SSSR count). The van der Waals surface area contributed by atoms with Gasteiger partial charge in [-0.1, -0.05) is 18.2 Å². The number of urea groups is 1. The number of rotatable bonds is 5. The van der Waals surface area contributed by atoms with Crippen LogP contribution < -0.4 is 14.8 Å². The van der Waals surface area contributed by atoms with Gasteiger partial charge >= 0.3 is 6.03 Å². The van der Waals surface area contributed by atoms with Gasteiger partial charge in [0.25, 0.3) is 5.91 Å². The van der Waals surface area contributed by atoms with Gasteiger partial charge in [-0.25, -0.2) is 9.18 Å². The van der Waals surface area contributed by atoms with E-state index in [0.717, 1.165) is 0 Å². The van der Waals surface area contributed by atoms with Crippen LogP contribution in [0.4, 0.5) is 9.18 Å². The Morgan fingerprint density at radius 1 is 1.19 bits per heavy atom. The number of carbonyl (C=O) groups excluding carboxylic acids is 2. The van der Waals surface area contributed by atoms with Crippen molar-refractivity contribution in [3.63, 3.8) is 0 Å². The smallest absolute Gasteiger partial charge is 0.325 e. The predicted octanol–water partition coefficient (Wildman–Crippen LogP) is 3.11. The number of fused-ring (bicyclic) bond motifs is 1. The van der Waals surface area contributed by atoms with Crippen molar-refractivity contribution in [1.82, 2.24) is 10.2 Å². The Kier molecular flexibility index (Phi) is 4.43. The molecule has 0 spiro atoms. The third kappa shape index (κ3) is 3.10. The molecule has 1 N–H and O–H groups in total. The molecule has 8 heteroatoms. The topological polar surface area (TPSA) is 67.9 Å². The van der Waals surface area contributed by atoms with Crippen LogP contribution >= 0.6 is 11.8 Å². The Morgan fingerprint density at radius 3 is 2.78 bits per heavy atom. The summed E-state index contributed by atoms with van der Waals surface area (Å²) >= 11 is 1.26. The lowest BCUT2D eigenvalue weighted by atomic mass is 9.91. The van der Waals surface area contributed by atoms with Crippen LogP contribution in [0.25, 0.3) is 0 Å². The first-order valence-corrected chi connectivity index (χ1v) is 9.39. The fourth-order valence-electron chi connectivity index (χ4n) is 3.11. The number of hydrogen-bond donors (Lipinski definition) is 1. The maximum absolute atomic E-state index is 13.7. The molecule has 1 atom stereocenters. The van der Waals surface area contributed by atoms with Gasteiger partial charge in [0.15, 0.2) is 11.5 Å². The van der Waals surface area contributed by atoms with Crippen molar-refractivity contribution in [1.29, 1.82) is 0 Å². The second-order valence-electron chi connectivity index (χ2n) is 6.36. The second-order valence-corrected chi connectivity index (χ2v) is 7.50. The van der Waals surface area contributed by atoms with E-state index in [1.54, 1.807) is 43.3 Å². The van der Waals surface area contributed by atoms with E-state index >= 15 is 0 Å². The molecule has 2 heterocycles. The van der Waals surface area contributed by atoms with Crippen LogP contribution in [-0.4, -0.2) is 35.9 Å². The van der Waals surface area contributed by atoms with E-state index in [4.69, 9.17) is 9.47 Å². The highest BCUT2D eigenvalue weighted by atomic mass is 32.2. The fraction of sp³-hybridized carbons (Fsp3) is 0.263. The number of amides is 3. The van der Waals surface area contributed by atoms with Crippen LogP contribution in [0.2, 0.25) is 0 Å². The molecule has 0 bridgehead atoms. The highest BCUT2D eigenvalue weighted by Crippen LogP contribution is 2.38. The predicted molar refractivity (Wildman–Crippen MR) is 97.3 cm³/mol. The summed E-state index contributed by atoms with van der Waals surface area (Å²) in [4.78, 5) is 27.0. The number of thioether (sulfide) groups is 1. The van der Waals surface area contributed by atoms with Gasteiger partial charge < -0.3 is 14.8 Å². The van der Waals surface area contributed by atoms with Crippen LogP contribution in [0.1, 0.15) is 12.5 Å². The fourth-order valence-corrected chi connectivity index (χ4v) is 3.99. The van der Waals surface area contributed by atoms with Gasteiger partial charge in [0.2, 0.25) is 6.79 Å². The maximum atomic E-state index is 13.7. The zero-order valence-corrected chi connectivity index (χ0v) is 15.3. The lowest BCUT2D eigenvalue weighted by Crippen LogP contribution is -2.41. The van der Waals surface area contributed by atoms with Crippen LogP contribution in [0.5, 0.6) is 11.5 Å². The summed E-state index contributed by atoms with van der Waals surface area (Å²) in [5, 5.41) is 2.76. The van der Waals surface area contributed by atoms with Crippen molar-refractivity contribution in [2.75, 3.05) is 19.1 Å². The third-order valence-electron chi connectivity index (χ3n) is 4.63. The lowest BCUT2D eigenvalue weighted by Gasteiger charge is -2.22. The number of benzene rings is 2. The van der Waals surface area contributed by atoms with Crippen molar-refractivity contribution in [2.24, 2.45) is 0 Å². The van der Waals surface area contributed by atoms with Gasteiger partial charge in [0.05, 0.1) is 0 Å². The van der Waals surface area contributed by atoms with Crippen molar-refractivity contribution in [2.45, 2.75) is 17.4 Å². The first-order valence-electron chi connectivity index (χ1n) is 8.40. The molecule has 0 aliphatic carbocycles. The Morgan fingerprint density at radius 2 is 1.96 bits per heavy atom. The van der Waals surface area contributed by atoms with E-state index in [-0.39, 0.29) is 25.1 Å². The van der Waals surface area contributed by atoms with Gasteiger partial charge in [-0.3, -0.25) is 9.69 Å². The molecule has 2 aromatic rings. The third-order valence-corrected chi connectivity index (χ3v) is 5.66. The Labute approximate surface area is 159 Å². The van der Waals surface area contributed by atoms with Crippen LogP contribution in [0.15, 0.2) is 47.4 Å². The quantitative estimate of drug-likeness (QED) is 0.630. The second kappa shape index (κ2) is 6.77. The lowest BCUT2D eigenvalue weighted by molar-refractivity contribution is -0.130. The molecule has 0 aromatic heterocycles. The number of imide groups is 1. The van der Waals surface area contributed by atoms with Gasteiger partial charge in [0, 0.05) is 17.2 Å². The molecular formula is C19H17FN2O4S. The SMILES string of the molecule is C[C@@]1(c2ccc3c(c2)OCO3)NC(=O)N(CCSc2ccccc2F)C1=O. The summed E-state index contributed by atoms with van der Waals surface area (Å²) < 4.78 is 24.3. The monoisotopic (exact) mass is 388 g/mol. The van der Waals surface area contributed by atoms with Gasteiger partial charge in [-0.15, -0.1) is 11.8 Å². The molecule has 2 aliphatic rings. The molecule has 140 valence electrons. The summed E-state index contributed by atoms with van der Waals surface area (Å²) in [6.07, 6.45) is 0. The number of nitrogens with one attached hydrogen (secondary N) is 1. The number of halogens is 1. The first-order chi connectivity index (χ1) is 13.0. The van der Waals surface area contributed by atoms with Gasteiger partial charge in [-0.05, 0) is 36.8 Å². The summed E-state index contributed by atoms with van der Waals surface area (Å²) in [6.45, 7) is 1.98. The van der Waals surface area contributed by atoms with Gasteiger partial charge in [0.1, 0.15) is 11.4 Å². The minimum absolute atomic E-state index is 0.134. The average molecular weight is 388 g/mol. The van der Waals surface area contributed by atoms with Crippen LogP contribution in [0, 0.1) is 5.82 Å². The maximum Gasteiger partial charge on any atom is 0.325 e. The largest absolute Gasteiger partial charge is 0.454 e. The molecule has 27 heavy (non-hydrogen) atoms. The average Bonchev–Trinajstić information content (AvgIpc) is 3.21. The molecule has 0 unspecified atom stereocenters. The molecule has 0 radical (unpaired) electrons. The Bertz CT molecular complexity index is 922. The van der Waals surface area contributed by atoms with Crippen molar-refractivity contribution in [3.05, 3.63) is 53.8 Å². The highest BCUT2D eigenvalue weighted by molar-refractivity contribution is 7.99. The number of hydrogen-bond acceptors (Lipinski definition) is 5. The summed E-state index contributed by atoms with van der Waals surface area (Å²) in [5.41, 5.74) is -0.560. The molecule has 1 fully saturated rings. The molecule has 3 amide bonds. The minimum atomic E-state index is -1.18. The van der Waals surface area contributed by atoms with Crippen LogP contribution in [0.3, 0.4) is 0 Å².